The Morgan fingerprint density at radius 2 is 2.36 bits per heavy atom. The van der Waals surface area contributed by atoms with Crippen molar-refractivity contribution in [2.24, 2.45) is 5.84 Å². The van der Waals surface area contributed by atoms with Crippen molar-refractivity contribution in [2.75, 3.05) is 5.43 Å². The molecule has 6 nitrogen and oxygen atoms in total. The van der Waals surface area contributed by atoms with Gasteiger partial charge in [0, 0.05) is 12.4 Å². The third-order valence-electron chi connectivity index (χ3n) is 1.58. The van der Waals surface area contributed by atoms with E-state index < -0.39 is 5.82 Å². The first-order chi connectivity index (χ1) is 6.81. The van der Waals surface area contributed by atoms with Gasteiger partial charge in [-0.25, -0.2) is 19.9 Å². The molecule has 0 aliphatic heterocycles. The predicted molar refractivity (Wildman–Crippen MR) is 46.9 cm³/mol. The summed E-state index contributed by atoms with van der Waals surface area (Å²) >= 11 is 0. The molecule has 72 valence electrons. The van der Waals surface area contributed by atoms with Gasteiger partial charge in [-0.1, -0.05) is 0 Å². The molecule has 14 heavy (non-hydrogen) atoms. The fourth-order valence-corrected chi connectivity index (χ4v) is 0.982. The molecule has 2 aromatic rings. The van der Waals surface area contributed by atoms with E-state index >= 15 is 0 Å². The van der Waals surface area contributed by atoms with E-state index in [9.17, 15) is 4.39 Å². The van der Waals surface area contributed by atoms with Crippen LogP contribution in [0.5, 0.6) is 0 Å². The molecule has 0 aliphatic rings. The van der Waals surface area contributed by atoms with Gasteiger partial charge < -0.3 is 0 Å². The summed E-state index contributed by atoms with van der Waals surface area (Å²) in [6.07, 6.45) is 4.13. The number of nitrogens with zero attached hydrogens (tertiary/aromatic N) is 4. The minimum Gasteiger partial charge on any atom is -0.292 e. The van der Waals surface area contributed by atoms with Gasteiger partial charge in [0.2, 0.25) is 5.95 Å². The fourth-order valence-electron chi connectivity index (χ4n) is 0.982. The van der Waals surface area contributed by atoms with Gasteiger partial charge in [0.05, 0.1) is 6.20 Å². The summed E-state index contributed by atoms with van der Waals surface area (Å²) in [4.78, 5) is 7.42. The quantitative estimate of drug-likeness (QED) is 0.523. The average molecular weight is 194 g/mol. The Morgan fingerprint density at radius 3 is 3.00 bits per heavy atom. The molecule has 3 N–H and O–H groups in total. The lowest BCUT2D eigenvalue weighted by molar-refractivity contribution is 0.593. The Bertz CT molecular complexity index is 426. The Labute approximate surface area is 78.6 Å². The number of anilines is 1. The molecular formula is C7H7FN6. The number of hydrazine groups is 1. The highest BCUT2D eigenvalue weighted by molar-refractivity contribution is 5.31. The van der Waals surface area contributed by atoms with E-state index in [2.05, 4.69) is 20.5 Å². The second-order valence-electron chi connectivity index (χ2n) is 2.46. The summed E-state index contributed by atoms with van der Waals surface area (Å²) in [5.41, 5.74) is 2.23. The van der Waals surface area contributed by atoms with E-state index in [1.54, 1.807) is 12.3 Å². The van der Waals surface area contributed by atoms with Crippen LogP contribution in [0.15, 0.2) is 24.7 Å². The highest BCUT2D eigenvalue weighted by Gasteiger charge is 2.07. The molecule has 0 bridgehead atoms. The van der Waals surface area contributed by atoms with Gasteiger partial charge in [0.25, 0.3) is 0 Å². The van der Waals surface area contributed by atoms with Crippen LogP contribution in [0.3, 0.4) is 0 Å². The maximum atomic E-state index is 13.2. The first kappa shape index (κ1) is 8.57. The third-order valence-corrected chi connectivity index (χ3v) is 1.58. The summed E-state index contributed by atoms with van der Waals surface area (Å²) < 4.78 is 14.5. The van der Waals surface area contributed by atoms with Crippen molar-refractivity contribution in [2.45, 2.75) is 0 Å². The van der Waals surface area contributed by atoms with Crippen molar-refractivity contribution in [3.63, 3.8) is 0 Å². The van der Waals surface area contributed by atoms with Crippen LogP contribution >= 0.6 is 0 Å². The van der Waals surface area contributed by atoms with E-state index in [0.29, 0.717) is 0 Å². The van der Waals surface area contributed by atoms with Crippen LogP contribution in [0.1, 0.15) is 0 Å². The molecule has 0 spiro atoms. The van der Waals surface area contributed by atoms with E-state index in [1.807, 2.05) is 0 Å². The number of aromatic nitrogens is 4. The Balaban J connectivity index is 2.51. The van der Waals surface area contributed by atoms with Crippen LogP contribution in [0, 0.1) is 5.82 Å². The van der Waals surface area contributed by atoms with Crippen molar-refractivity contribution < 1.29 is 4.39 Å². The third kappa shape index (κ3) is 1.40. The molecule has 0 fully saturated rings. The minimum absolute atomic E-state index is 0.0537. The lowest BCUT2D eigenvalue weighted by Crippen LogP contribution is -2.13. The largest absolute Gasteiger partial charge is 0.292 e. The number of hydrogen-bond donors (Lipinski definition) is 2. The van der Waals surface area contributed by atoms with Crippen molar-refractivity contribution in [1.29, 1.82) is 0 Å². The Morgan fingerprint density at radius 1 is 1.50 bits per heavy atom. The second-order valence-corrected chi connectivity index (χ2v) is 2.46. The summed E-state index contributed by atoms with van der Waals surface area (Å²) in [7, 11) is 0. The lowest BCUT2D eigenvalue weighted by Gasteiger charge is -2.03. The molecule has 2 rings (SSSR count). The van der Waals surface area contributed by atoms with Crippen LogP contribution in [0.25, 0.3) is 5.82 Å². The number of nitrogens with two attached hydrogens (primary N) is 1. The van der Waals surface area contributed by atoms with Crippen LogP contribution < -0.4 is 11.3 Å². The van der Waals surface area contributed by atoms with Gasteiger partial charge >= 0.3 is 0 Å². The maximum Gasteiger partial charge on any atom is 0.239 e. The monoisotopic (exact) mass is 194 g/mol. The summed E-state index contributed by atoms with van der Waals surface area (Å²) in [6.45, 7) is 0. The summed E-state index contributed by atoms with van der Waals surface area (Å²) in [5.74, 6) is 4.72. The number of halogens is 1. The number of rotatable bonds is 2. The normalized spacial score (nSPS) is 10.1. The van der Waals surface area contributed by atoms with Gasteiger partial charge in [-0.15, -0.1) is 0 Å². The fraction of sp³-hybridized carbons (Fsp3) is 0. The van der Waals surface area contributed by atoms with E-state index in [0.717, 1.165) is 6.20 Å². The van der Waals surface area contributed by atoms with Crippen molar-refractivity contribution >= 4 is 5.95 Å². The molecule has 0 aliphatic carbocycles. The number of nitrogen functional groups attached to an aromatic ring is 1. The molecule has 0 saturated heterocycles. The molecule has 0 unspecified atom stereocenters. The Hall–Kier alpha value is -2.02. The molecule has 0 aromatic carbocycles. The van der Waals surface area contributed by atoms with Crippen molar-refractivity contribution in [3.8, 4) is 5.82 Å². The van der Waals surface area contributed by atoms with Gasteiger partial charge in [-0.05, 0) is 6.07 Å². The van der Waals surface area contributed by atoms with Crippen LogP contribution in [0.4, 0.5) is 10.3 Å². The van der Waals surface area contributed by atoms with E-state index in [1.165, 1.54) is 10.9 Å². The minimum atomic E-state index is -0.562. The number of nitrogens with one attached hydrogen (secondary N) is 1. The first-order valence-electron chi connectivity index (χ1n) is 3.80. The molecule has 0 atom stereocenters. The SMILES string of the molecule is NNc1ncc(F)c(-n2cccn2)n1. The van der Waals surface area contributed by atoms with Gasteiger partial charge in [-0.2, -0.15) is 10.1 Å². The van der Waals surface area contributed by atoms with E-state index in [4.69, 9.17) is 5.84 Å². The molecule has 0 saturated carbocycles. The summed E-state index contributed by atoms with van der Waals surface area (Å²) in [5, 5.41) is 3.84. The van der Waals surface area contributed by atoms with Gasteiger partial charge in [0.1, 0.15) is 0 Å². The molecule has 7 heteroatoms. The first-order valence-corrected chi connectivity index (χ1v) is 3.80. The lowest BCUT2D eigenvalue weighted by atomic mass is 10.5. The molecular weight excluding hydrogens is 187 g/mol. The standard InChI is InChI=1S/C7H7FN6/c8-5-4-10-7(13-9)12-6(5)14-3-1-2-11-14/h1-4H,9H2,(H,10,12,13). The zero-order valence-corrected chi connectivity index (χ0v) is 7.05. The van der Waals surface area contributed by atoms with Crippen molar-refractivity contribution in [3.05, 3.63) is 30.5 Å². The second kappa shape index (κ2) is 3.38. The van der Waals surface area contributed by atoms with Crippen LogP contribution in [-0.4, -0.2) is 19.7 Å². The van der Waals surface area contributed by atoms with Gasteiger partial charge in [0.15, 0.2) is 11.6 Å². The highest BCUT2D eigenvalue weighted by Crippen LogP contribution is 2.09. The zero-order valence-electron chi connectivity index (χ0n) is 7.05. The average Bonchev–Trinajstić information content (AvgIpc) is 2.71. The van der Waals surface area contributed by atoms with Crippen LogP contribution in [-0.2, 0) is 0 Å². The molecule has 2 aromatic heterocycles. The topological polar surface area (TPSA) is 81.6 Å². The van der Waals surface area contributed by atoms with Crippen molar-refractivity contribution in [1.82, 2.24) is 19.7 Å². The van der Waals surface area contributed by atoms with Crippen LogP contribution in [0.2, 0.25) is 0 Å². The smallest absolute Gasteiger partial charge is 0.239 e. The maximum absolute atomic E-state index is 13.2. The molecule has 2 heterocycles. The van der Waals surface area contributed by atoms with Gasteiger partial charge in [-0.3, -0.25) is 5.43 Å². The Kier molecular flexibility index (Phi) is 2.07. The molecule has 0 amide bonds. The summed E-state index contributed by atoms with van der Waals surface area (Å²) in [6, 6.07) is 1.66. The van der Waals surface area contributed by atoms with E-state index in [-0.39, 0.29) is 11.8 Å². The number of hydrogen-bond acceptors (Lipinski definition) is 5. The molecule has 0 radical (unpaired) electrons. The highest BCUT2D eigenvalue weighted by atomic mass is 19.1. The predicted octanol–water partition coefficient (Wildman–Crippen LogP) is 0.0870. The zero-order chi connectivity index (χ0) is 9.97.